The van der Waals surface area contributed by atoms with Gasteiger partial charge < -0.3 is 4.74 Å². The zero-order valence-electron chi connectivity index (χ0n) is 12.0. The fraction of sp³-hybridized carbons (Fsp3) is 0.167. The lowest BCUT2D eigenvalue weighted by Crippen LogP contribution is -2.24. The highest BCUT2D eigenvalue weighted by molar-refractivity contribution is 6.27. The van der Waals surface area contributed by atoms with Gasteiger partial charge in [-0.05, 0) is 17.6 Å². The van der Waals surface area contributed by atoms with Crippen LogP contribution in [0.25, 0.3) is 0 Å². The Kier molecular flexibility index (Phi) is 4.45. The van der Waals surface area contributed by atoms with Gasteiger partial charge in [-0.25, -0.2) is 0 Å². The molecule has 0 bridgehead atoms. The van der Waals surface area contributed by atoms with Crippen molar-refractivity contribution >= 4 is 17.5 Å². The number of benzene rings is 1. The van der Waals surface area contributed by atoms with Crippen LogP contribution in [-0.4, -0.2) is 16.7 Å². The normalized spacial score (nSPS) is 20.2. The molecule has 0 N–H and O–H groups in total. The van der Waals surface area contributed by atoms with Crippen LogP contribution < -0.4 is 0 Å². The number of ether oxygens (including phenoxy) is 1. The summed E-state index contributed by atoms with van der Waals surface area (Å²) in [6, 6.07) is 10.3. The molecule has 1 aliphatic heterocycles. The summed E-state index contributed by atoms with van der Waals surface area (Å²) in [6.07, 6.45) is 11.8. The maximum absolute atomic E-state index is 11.7. The lowest BCUT2D eigenvalue weighted by atomic mass is 9.87. The molecule has 0 fully saturated rings. The minimum atomic E-state index is -0.176. The molecule has 3 rings (SSSR count). The molecule has 0 saturated heterocycles. The predicted octanol–water partition coefficient (Wildman–Crippen LogP) is 4.07. The molecule has 1 heterocycles. The molecule has 4 heteroatoms. The molecule has 3 nitrogen and oxygen atoms in total. The van der Waals surface area contributed by atoms with Crippen molar-refractivity contribution in [2.45, 2.75) is 12.3 Å². The summed E-state index contributed by atoms with van der Waals surface area (Å²) in [5, 5.41) is 0. The first-order valence-electron chi connectivity index (χ1n) is 7.13. The third-order valence-corrected chi connectivity index (χ3v) is 3.93. The van der Waals surface area contributed by atoms with Crippen LogP contribution in [0.2, 0.25) is 0 Å². The van der Waals surface area contributed by atoms with Crippen LogP contribution in [0.15, 0.2) is 78.6 Å². The van der Waals surface area contributed by atoms with Crippen molar-refractivity contribution in [3.63, 3.8) is 0 Å². The van der Waals surface area contributed by atoms with E-state index in [0.29, 0.717) is 11.7 Å². The summed E-state index contributed by atoms with van der Waals surface area (Å²) in [7, 11) is 0. The van der Waals surface area contributed by atoms with Crippen LogP contribution in [0.1, 0.15) is 17.9 Å². The second kappa shape index (κ2) is 6.67. The molecule has 22 heavy (non-hydrogen) atoms. The Hall–Kier alpha value is -2.26. The predicted molar refractivity (Wildman–Crippen MR) is 86.9 cm³/mol. The molecule has 0 radical (unpaired) electrons. The third-order valence-electron chi connectivity index (χ3n) is 3.70. The number of nitrogens with zero attached hydrogens (tertiary/aromatic N) is 1. The summed E-state index contributed by atoms with van der Waals surface area (Å²) in [5.74, 6) is 0.769. The van der Waals surface area contributed by atoms with Crippen molar-refractivity contribution in [1.29, 1.82) is 0 Å². The molecule has 2 aliphatic rings. The van der Waals surface area contributed by atoms with Crippen LogP contribution in [-0.2, 0) is 9.53 Å². The van der Waals surface area contributed by atoms with Gasteiger partial charge in [-0.15, -0.1) is 11.6 Å². The Morgan fingerprint density at radius 3 is 2.91 bits per heavy atom. The van der Waals surface area contributed by atoms with E-state index in [-0.39, 0.29) is 11.8 Å². The molecular weight excluding hydrogens is 298 g/mol. The molecule has 0 spiro atoms. The molecular formula is C18H16ClNO2. The van der Waals surface area contributed by atoms with Crippen molar-refractivity contribution in [3.8, 4) is 0 Å². The molecule has 1 amide bonds. The van der Waals surface area contributed by atoms with E-state index in [4.69, 9.17) is 16.3 Å². The highest BCUT2D eigenvalue weighted by Crippen LogP contribution is 2.33. The van der Waals surface area contributed by atoms with Crippen LogP contribution in [0.3, 0.4) is 0 Å². The summed E-state index contributed by atoms with van der Waals surface area (Å²) < 4.78 is 5.57. The maximum atomic E-state index is 11.7. The van der Waals surface area contributed by atoms with E-state index >= 15 is 0 Å². The third kappa shape index (κ3) is 3.15. The maximum Gasteiger partial charge on any atom is 0.245 e. The minimum absolute atomic E-state index is 0.0558. The summed E-state index contributed by atoms with van der Waals surface area (Å²) >= 11 is 5.60. The molecule has 1 aromatic rings. The van der Waals surface area contributed by atoms with Crippen molar-refractivity contribution in [3.05, 3.63) is 84.1 Å². The van der Waals surface area contributed by atoms with Crippen LogP contribution in [0, 0.1) is 0 Å². The van der Waals surface area contributed by atoms with E-state index in [9.17, 15) is 4.79 Å². The van der Waals surface area contributed by atoms with Gasteiger partial charge in [-0.1, -0.05) is 48.6 Å². The van der Waals surface area contributed by atoms with Gasteiger partial charge in [0.2, 0.25) is 5.91 Å². The number of halogens is 1. The molecule has 0 saturated carbocycles. The van der Waals surface area contributed by atoms with Crippen molar-refractivity contribution < 1.29 is 9.53 Å². The Bertz CT molecular complexity index is 674. The molecule has 1 unspecified atom stereocenters. The summed E-state index contributed by atoms with van der Waals surface area (Å²) in [5.41, 5.74) is 2.33. The lowest BCUT2D eigenvalue weighted by molar-refractivity contribution is -0.124. The summed E-state index contributed by atoms with van der Waals surface area (Å²) in [6.45, 7) is 0. The number of alkyl halides is 1. The van der Waals surface area contributed by atoms with Crippen LogP contribution in [0.4, 0.5) is 0 Å². The van der Waals surface area contributed by atoms with Gasteiger partial charge in [0, 0.05) is 12.1 Å². The van der Waals surface area contributed by atoms with Gasteiger partial charge in [-0.3, -0.25) is 9.69 Å². The fourth-order valence-electron chi connectivity index (χ4n) is 2.54. The highest BCUT2D eigenvalue weighted by Gasteiger charge is 2.20. The number of amides is 1. The topological polar surface area (TPSA) is 29.5 Å². The van der Waals surface area contributed by atoms with Gasteiger partial charge in [0.1, 0.15) is 17.9 Å². The van der Waals surface area contributed by atoms with Crippen molar-refractivity contribution in [2.75, 3.05) is 5.88 Å². The average Bonchev–Trinajstić information content (AvgIpc) is 2.62. The second-order valence-corrected chi connectivity index (χ2v) is 5.40. The first kappa shape index (κ1) is 14.7. The van der Waals surface area contributed by atoms with E-state index < -0.39 is 0 Å². The molecule has 1 aliphatic carbocycles. The monoisotopic (exact) mass is 313 g/mol. The largest absolute Gasteiger partial charge is 0.462 e. The number of carbonyl (C=O) groups excluding carboxylic acids is 1. The van der Waals surface area contributed by atoms with Gasteiger partial charge in [0.15, 0.2) is 0 Å². The number of hydrogen-bond acceptors (Lipinski definition) is 2. The SMILES string of the molecule is O=C(CCl)N1C=COC(C2=CC=CC(c3ccccc3)C2)=C1. The molecule has 1 atom stereocenters. The number of hydrogen-bond donors (Lipinski definition) is 0. The van der Waals surface area contributed by atoms with Crippen molar-refractivity contribution in [2.24, 2.45) is 0 Å². The zero-order valence-corrected chi connectivity index (χ0v) is 12.7. The lowest BCUT2D eigenvalue weighted by Gasteiger charge is -2.24. The first-order valence-corrected chi connectivity index (χ1v) is 7.66. The molecule has 0 aromatic heterocycles. The Balaban J connectivity index is 1.78. The molecule has 1 aromatic carbocycles. The van der Waals surface area contributed by atoms with E-state index in [0.717, 1.165) is 12.0 Å². The number of carbonyl (C=O) groups is 1. The highest BCUT2D eigenvalue weighted by atomic mass is 35.5. The zero-order chi connectivity index (χ0) is 15.4. The van der Waals surface area contributed by atoms with Gasteiger partial charge >= 0.3 is 0 Å². The smallest absolute Gasteiger partial charge is 0.245 e. The van der Waals surface area contributed by atoms with Gasteiger partial charge in [0.25, 0.3) is 0 Å². The van der Waals surface area contributed by atoms with Gasteiger partial charge in [0.05, 0.1) is 6.20 Å². The quantitative estimate of drug-likeness (QED) is 0.787. The fourth-order valence-corrected chi connectivity index (χ4v) is 2.68. The minimum Gasteiger partial charge on any atom is -0.462 e. The number of allylic oxidation sites excluding steroid dienone is 4. The first-order chi connectivity index (χ1) is 10.8. The van der Waals surface area contributed by atoms with E-state index in [2.05, 4.69) is 18.2 Å². The standard InChI is InChI=1S/C18H16ClNO2/c19-12-18(21)20-9-10-22-17(13-20)16-8-4-7-15(11-16)14-5-2-1-3-6-14/h1-10,13,15H,11-12H2. The van der Waals surface area contributed by atoms with E-state index in [1.807, 2.05) is 30.4 Å². The Morgan fingerprint density at radius 1 is 1.32 bits per heavy atom. The summed E-state index contributed by atoms with van der Waals surface area (Å²) in [4.78, 5) is 13.2. The number of rotatable bonds is 3. The van der Waals surface area contributed by atoms with Crippen LogP contribution >= 0.6 is 11.6 Å². The Labute approximate surface area is 134 Å². The van der Waals surface area contributed by atoms with Crippen molar-refractivity contribution in [1.82, 2.24) is 4.90 Å². The van der Waals surface area contributed by atoms with E-state index in [1.165, 1.54) is 16.7 Å². The van der Waals surface area contributed by atoms with Crippen LogP contribution in [0.5, 0.6) is 0 Å². The van der Waals surface area contributed by atoms with E-state index in [1.54, 1.807) is 12.4 Å². The van der Waals surface area contributed by atoms with Gasteiger partial charge in [-0.2, -0.15) is 0 Å². The molecule has 112 valence electrons. The second-order valence-electron chi connectivity index (χ2n) is 5.13. The Morgan fingerprint density at radius 2 is 2.14 bits per heavy atom. The average molecular weight is 314 g/mol.